The van der Waals surface area contributed by atoms with Crippen LogP contribution in [0.1, 0.15) is 17.7 Å². The van der Waals surface area contributed by atoms with E-state index in [9.17, 15) is 4.79 Å². The van der Waals surface area contributed by atoms with Crippen molar-refractivity contribution in [2.75, 3.05) is 5.32 Å². The molecule has 0 aliphatic heterocycles. The fraction of sp³-hybridized carbons (Fsp3) is 0.143. The molecule has 0 saturated carbocycles. The highest BCUT2D eigenvalue weighted by Gasteiger charge is 2.08. The van der Waals surface area contributed by atoms with Gasteiger partial charge in [-0.05, 0) is 30.3 Å². The lowest BCUT2D eigenvalue weighted by Gasteiger charge is -2.08. The Labute approximate surface area is 126 Å². The number of aryl methyl sites for hydroxylation is 1. The summed E-state index contributed by atoms with van der Waals surface area (Å²) in [6, 6.07) is 8.65. The molecule has 104 valence electrons. The summed E-state index contributed by atoms with van der Waals surface area (Å²) in [4.78, 5) is 12.1. The molecule has 2 rings (SSSR count). The molecule has 0 spiro atoms. The second kappa shape index (κ2) is 6.54. The van der Waals surface area contributed by atoms with Crippen LogP contribution < -0.4 is 11.1 Å². The van der Waals surface area contributed by atoms with E-state index in [1.165, 1.54) is 0 Å². The molecule has 3 N–H and O–H groups in total. The molecule has 1 aromatic carbocycles. The van der Waals surface area contributed by atoms with Gasteiger partial charge in [0.05, 0.1) is 17.0 Å². The fourth-order valence-electron chi connectivity index (χ4n) is 1.67. The van der Waals surface area contributed by atoms with Crippen molar-refractivity contribution in [1.29, 1.82) is 0 Å². The fourth-order valence-corrected chi connectivity index (χ4v) is 2.03. The summed E-state index contributed by atoms with van der Waals surface area (Å²) in [5.74, 6) is 0.640. The Balaban J connectivity index is 1.95. The number of thiocarbonyl (C=S) groups is 1. The van der Waals surface area contributed by atoms with Gasteiger partial charge < -0.3 is 15.5 Å². The number of nitrogens with two attached hydrogens (primary N) is 1. The lowest BCUT2D eigenvalue weighted by atomic mass is 10.2. The Morgan fingerprint density at radius 1 is 1.40 bits per heavy atom. The molecule has 0 aliphatic rings. The van der Waals surface area contributed by atoms with Gasteiger partial charge in [-0.1, -0.05) is 23.8 Å². The maximum absolute atomic E-state index is 11.8. The van der Waals surface area contributed by atoms with E-state index in [1.807, 2.05) is 6.07 Å². The number of amides is 1. The summed E-state index contributed by atoms with van der Waals surface area (Å²) in [5, 5.41) is 3.15. The van der Waals surface area contributed by atoms with Crippen LogP contribution in [0.3, 0.4) is 0 Å². The Bertz CT molecular complexity index is 626. The van der Waals surface area contributed by atoms with Crippen LogP contribution in [-0.4, -0.2) is 10.9 Å². The SMILES string of the molecule is NC(=S)c1ccc(NC(=O)CCc2ccco2)c(Cl)c1. The van der Waals surface area contributed by atoms with Crippen LogP contribution in [0.4, 0.5) is 5.69 Å². The van der Waals surface area contributed by atoms with Crippen LogP contribution in [-0.2, 0) is 11.2 Å². The summed E-state index contributed by atoms with van der Waals surface area (Å²) >= 11 is 10.9. The second-order valence-corrected chi connectivity index (χ2v) is 5.03. The van der Waals surface area contributed by atoms with E-state index in [0.717, 1.165) is 5.76 Å². The summed E-state index contributed by atoms with van der Waals surface area (Å²) in [5.41, 5.74) is 6.71. The zero-order valence-corrected chi connectivity index (χ0v) is 12.1. The third-order valence-corrected chi connectivity index (χ3v) is 3.25. The molecule has 1 heterocycles. The summed E-state index contributed by atoms with van der Waals surface area (Å²) in [7, 11) is 0. The minimum atomic E-state index is -0.133. The van der Waals surface area contributed by atoms with Gasteiger partial charge in [0.1, 0.15) is 10.7 Å². The van der Waals surface area contributed by atoms with E-state index >= 15 is 0 Å². The van der Waals surface area contributed by atoms with E-state index in [2.05, 4.69) is 5.32 Å². The number of carbonyl (C=O) groups is 1. The number of furan rings is 1. The summed E-state index contributed by atoms with van der Waals surface area (Å²) < 4.78 is 5.17. The number of hydrogen-bond acceptors (Lipinski definition) is 3. The van der Waals surface area contributed by atoms with Crippen LogP contribution in [0.15, 0.2) is 41.0 Å². The Kier molecular flexibility index (Phi) is 4.76. The highest BCUT2D eigenvalue weighted by atomic mass is 35.5. The molecule has 0 bridgehead atoms. The number of carbonyl (C=O) groups excluding carboxylic acids is 1. The average molecular weight is 309 g/mol. The lowest BCUT2D eigenvalue weighted by Crippen LogP contribution is -2.13. The van der Waals surface area contributed by atoms with Gasteiger partial charge in [0.15, 0.2) is 0 Å². The molecule has 6 heteroatoms. The zero-order valence-electron chi connectivity index (χ0n) is 10.6. The van der Waals surface area contributed by atoms with Gasteiger partial charge in [0.25, 0.3) is 0 Å². The first-order valence-electron chi connectivity index (χ1n) is 5.98. The smallest absolute Gasteiger partial charge is 0.224 e. The molecule has 1 aromatic heterocycles. The standard InChI is InChI=1S/C14H13ClN2O2S/c15-11-8-9(14(16)20)3-5-12(11)17-13(18)6-4-10-2-1-7-19-10/h1-3,5,7-8H,4,6H2,(H2,16,20)(H,17,18). The number of halogens is 1. The van der Waals surface area contributed by atoms with Crippen molar-refractivity contribution < 1.29 is 9.21 Å². The number of rotatable bonds is 5. The Hall–Kier alpha value is -1.85. The van der Waals surface area contributed by atoms with E-state index in [-0.39, 0.29) is 10.9 Å². The Morgan fingerprint density at radius 2 is 2.20 bits per heavy atom. The predicted molar refractivity (Wildman–Crippen MR) is 83.0 cm³/mol. The number of anilines is 1. The highest BCUT2D eigenvalue weighted by Crippen LogP contribution is 2.23. The van der Waals surface area contributed by atoms with Crippen molar-refractivity contribution in [2.24, 2.45) is 5.73 Å². The van der Waals surface area contributed by atoms with Gasteiger partial charge in [0.2, 0.25) is 5.91 Å². The number of nitrogens with one attached hydrogen (secondary N) is 1. The van der Waals surface area contributed by atoms with Gasteiger partial charge in [0, 0.05) is 18.4 Å². The molecule has 0 unspecified atom stereocenters. The van der Waals surface area contributed by atoms with Crippen LogP contribution >= 0.6 is 23.8 Å². The topological polar surface area (TPSA) is 68.3 Å². The van der Waals surface area contributed by atoms with Crippen molar-refractivity contribution in [3.8, 4) is 0 Å². The van der Waals surface area contributed by atoms with Crippen LogP contribution in [0.5, 0.6) is 0 Å². The van der Waals surface area contributed by atoms with Gasteiger partial charge >= 0.3 is 0 Å². The quantitative estimate of drug-likeness (QED) is 0.833. The lowest BCUT2D eigenvalue weighted by molar-refractivity contribution is -0.116. The minimum absolute atomic E-state index is 0.133. The number of hydrogen-bond donors (Lipinski definition) is 2. The molecular weight excluding hydrogens is 296 g/mol. The predicted octanol–water partition coefficient (Wildman–Crippen LogP) is 3.14. The first kappa shape index (κ1) is 14.6. The third-order valence-electron chi connectivity index (χ3n) is 2.71. The van der Waals surface area contributed by atoms with Crippen molar-refractivity contribution in [1.82, 2.24) is 0 Å². The van der Waals surface area contributed by atoms with Crippen LogP contribution in [0, 0.1) is 0 Å². The second-order valence-electron chi connectivity index (χ2n) is 4.19. The van der Waals surface area contributed by atoms with Gasteiger partial charge in [-0.2, -0.15) is 0 Å². The van der Waals surface area contributed by atoms with Crippen molar-refractivity contribution in [3.05, 3.63) is 52.9 Å². The van der Waals surface area contributed by atoms with Crippen molar-refractivity contribution in [3.63, 3.8) is 0 Å². The molecule has 20 heavy (non-hydrogen) atoms. The highest BCUT2D eigenvalue weighted by molar-refractivity contribution is 7.80. The average Bonchev–Trinajstić information content (AvgIpc) is 2.91. The molecule has 0 radical (unpaired) electrons. The van der Waals surface area contributed by atoms with E-state index < -0.39 is 0 Å². The first-order valence-corrected chi connectivity index (χ1v) is 6.76. The molecule has 0 atom stereocenters. The first-order chi connectivity index (χ1) is 9.56. The van der Waals surface area contributed by atoms with Crippen molar-refractivity contribution >= 4 is 40.4 Å². The van der Waals surface area contributed by atoms with Gasteiger partial charge in [-0.15, -0.1) is 0 Å². The molecule has 4 nitrogen and oxygen atoms in total. The maximum atomic E-state index is 11.8. The molecule has 0 fully saturated rings. The Morgan fingerprint density at radius 3 is 2.80 bits per heavy atom. The largest absolute Gasteiger partial charge is 0.469 e. The number of benzene rings is 1. The minimum Gasteiger partial charge on any atom is -0.469 e. The van der Waals surface area contributed by atoms with Crippen LogP contribution in [0.25, 0.3) is 0 Å². The van der Waals surface area contributed by atoms with Gasteiger partial charge in [-0.25, -0.2) is 0 Å². The zero-order chi connectivity index (χ0) is 14.5. The summed E-state index contributed by atoms with van der Waals surface area (Å²) in [6.45, 7) is 0. The molecule has 0 aliphatic carbocycles. The molecule has 2 aromatic rings. The summed E-state index contributed by atoms with van der Waals surface area (Å²) in [6.07, 6.45) is 2.45. The molecule has 0 saturated heterocycles. The van der Waals surface area contributed by atoms with Crippen LogP contribution in [0.2, 0.25) is 5.02 Å². The molecule has 1 amide bonds. The maximum Gasteiger partial charge on any atom is 0.224 e. The normalized spacial score (nSPS) is 10.2. The van der Waals surface area contributed by atoms with E-state index in [0.29, 0.717) is 29.1 Å². The van der Waals surface area contributed by atoms with E-state index in [1.54, 1.807) is 30.5 Å². The van der Waals surface area contributed by atoms with E-state index in [4.69, 9.17) is 34.0 Å². The third kappa shape index (κ3) is 3.82. The molecular formula is C14H13ClN2O2S. The monoisotopic (exact) mass is 308 g/mol. The van der Waals surface area contributed by atoms with Gasteiger partial charge in [-0.3, -0.25) is 4.79 Å². The van der Waals surface area contributed by atoms with Crippen molar-refractivity contribution in [2.45, 2.75) is 12.8 Å².